The molecule has 0 aromatic carbocycles. The van der Waals surface area contributed by atoms with Crippen LogP contribution in [0.5, 0.6) is 0 Å². The summed E-state index contributed by atoms with van der Waals surface area (Å²) < 4.78 is 4.68. The van der Waals surface area contributed by atoms with Gasteiger partial charge in [0, 0.05) is 7.11 Å². The lowest BCUT2D eigenvalue weighted by molar-refractivity contribution is -0.291. The van der Waals surface area contributed by atoms with Crippen LogP contribution in [0.3, 0.4) is 0 Å². The second-order valence-electron chi connectivity index (χ2n) is 1.86. The van der Waals surface area contributed by atoms with Gasteiger partial charge in [-0.1, -0.05) is 12.2 Å². The maximum atomic E-state index is 4.68. The Morgan fingerprint density at radius 1 is 1.08 bits per heavy atom. The lowest BCUT2D eigenvalue weighted by Gasteiger charge is -2.08. The molecule has 13 heavy (non-hydrogen) atoms. The fraction of sp³-hybridized carbons (Fsp3) is 0.429. The molecule has 0 saturated heterocycles. The molecule has 6 heteroatoms. The van der Waals surface area contributed by atoms with Crippen molar-refractivity contribution in [1.82, 2.24) is 0 Å². The standard InChI is InChI=1S/C7H13BO5/c1-4-6-10-12-8(9-3)13-11-7-5-2/h4-5H,1-2,6-7H2,3H3. The first-order valence-corrected chi connectivity index (χ1v) is 3.66. The zero-order valence-electron chi connectivity index (χ0n) is 7.60. The van der Waals surface area contributed by atoms with Gasteiger partial charge in [-0.05, 0) is 0 Å². The summed E-state index contributed by atoms with van der Waals surface area (Å²) in [4.78, 5) is 18.4. The zero-order chi connectivity index (χ0) is 9.94. The van der Waals surface area contributed by atoms with Crippen molar-refractivity contribution < 1.29 is 24.0 Å². The maximum Gasteiger partial charge on any atom is 0.696 e. The summed E-state index contributed by atoms with van der Waals surface area (Å²) in [7, 11) is 0.374. The van der Waals surface area contributed by atoms with Crippen LogP contribution in [0.2, 0.25) is 0 Å². The summed E-state index contributed by atoms with van der Waals surface area (Å²) in [6, 6.07) is 0. The van der Waals surface area contributed by atoms with Gasteiger partial charge < -0.3 is 4.65 Å². The smallest absolute Gasteiger partial charge is 0.386 e. The summed E-state index contributed by atoms with van der Waals surface area (Å²) >= 11 is 0. The van der Waals surface area contributed by atoms with Crippen molar-refractivity contribution >= 4 is 7.32 Å². The Kier molecular flexibility index (Phi) is 8.96. The molecule has 0 spiro atoms. The van der Waals surface area contributed by atoms with Gasteiger partial charge in [0.15, 0.2) is 0 Å². The average molecular weight is 188 g/mol. The molecule has 0 aromatic rings. The highest BCUT2D eigenvalue weighted by Gasteiger charge is 2.22. The highest BCUT2D eigenvalue weighted by Crippen LogP contribution is 1.93. The number of rotatable bonds is 9. The maximum absolute atomic E-state index is 4.68. The van der Waals surface area contributed by atoms with Gasteiger partial charge in [-0.25, -0.2) is 19.4 Å². The number of hydrogen-bond acceptors (Lipinski definition) is 5. The molecular formula is C7H13BO5. The molecule has 0 fully saturated rings. The monoisotopic (exact) mass is 188 g/mol. The lowest BCUT2D eigenvalue weighted by atomic mass is 10.3. The molecule has 0 N–H and O–H groups in total. The summed E-state index contributed by atoms with van der Waals surface area (Å²) in [6.07, 6.45) is 3.05. The van der Waals surface area contributed by atoms with E-state index in [0.717, 1.165) is 0 Å². The van der Waals surface area contributed by atoms with E-state index in [1.807, 2.05) is 0 Å². The Morgan fingerprint density at radius 3 is 1.85 bits per heavy atom. The molecule has 0 bridgehead atoms. The van der Waals surface area contributed by atoms with Crippen LogP contribution in [0, 0.1) is 0 Å². The van der Waals surface area contributed by atoms with E-state index in [-0.39, 0.29) is 13.2 Å². The van der Waals surface area contributed by atoms with Gasteiger partial charge in [0.05, 0.1) is 13.2 Å². The normalized spacial score (nSPS) is 9.62. The van der Waals surface area contributed by atoms with E-state index in [1.54, 1.807) is 0 Å². The Bertz CT molecular complexity index is 127. The van der Waals surface area contributed by atoms with Crippen molar-refractivity contribution in [2.24, 2.45) is 0 Å². The van der Waals surface area contributed by atoms with Gasteiger partial charge in [0.2, 0.25) is 0 Å². The van der Waals surface area contributed by atoms with Crippen LogP contribution in [-0.2, 0) is 24.0 Å². The van der Waals surface area contributed by atoms with Gasteiger partial charge in [0.1, 0.15) is 0 Å². The van der Waals surface area contributed by atoms with E-state index in [1.165, 1.54) is 19.3 Å². The van der Waals surface area contributed by atoms with Crippen LogP contribution in [0.1, 0.15) is 0 Å². The molecule has 5 nitrogen and oxygen atoms in total. The Morgan fingerprint density at radius 2 is 1.54 bits per heavy atom. The molecule has 0 unspecified atom stereocenters. The molecule has 0 heterocycles. The molecule has 0 aliphatic rings. The zero-order valence-corrected chi connectivity index (χ0v) is 7.60. The van der Waals surface area contributed by atoms with Crippen LogP contribution in [0.25, 0.3) is 0 Å². The predicted octanol–water partition coefficient (Wildman–Crippen LogP) is 0.886. The minimum atomic E-state index is -1.01. The third-order valence-corrected chi connectivity index (χ3v) is 0.857. The van der Waals surface area contributed by atoms with Crippen LogP contribution < -0.4 is 0 Å². The Labute approximate surface area is 77.9 Å². The minimum Gasteiger partial charge on any atom is -0.386 e. The second kappa shape index (κ2) is 9.43. The van der Waals surface area contributed by atoms with Gasteiger partial charge in [0.25, 0.3) is 0 Å². The van der Waals surface area contributed by atoms with Crippen molar-refractivity contribution in [2.75, 3.05) is 20.3 Å². The molecule has 0 aromatic heterocycles. The molecule has 0 radical (unpaired) electrons. The fourth-order valence-electron chi connectivity index (χ4n) is 0.381. The fourth-order valence-corrected chi connectivity index (χ4v) is 0.381. The van der Waals surface area contributed by atoms with Gasteiger partial charge in [-0.2, -0.15) is 0 Å². The molecule has 0 atom stereocenters. The van der Waals surface area contributed by atoms with Gasteiger partial charge in [-0.15, -0.1) is 13.2 Å². The summed E-state index contributed by atoms with van der Waals surface area (Å²) in [5.74, 6) is 0. The van der Waals surface area contributed by atoms with E-state index in [9.17, 15) is 0 Å². The third kappa shape index (κ3) is 7.70. The molecular weight excluding hydrogens is 175 g/mol. The van der Waals surface area contributed by atoms with Gasteiger partial charge in [-0.3, -0.25) is 0 Å². The van der Waals surface area contributed by atoms with Crippen molar-refractivity contribution in [1.29, 1.82) is 0 Å². The second-order valence-corrected chi connectivity index (χ2v) is 1.86. The lowest BCUT2D eigenvalue weighted by Crippen LogP contribution is -2.26. The molecule has 74 valence electrons. The van der Waals surface area contributed by atoms with E-state index >= 15 is 0 Å². The SMILES string of the molecule is C=CCOOB(OC)OOCC=C. The molecule has 0 aliphatic carbocycles. The molecule has 0 rings (SSSR count). The van der Waals surface area contributed by atoms with E-state index in [0.29, 0.717) is 0 Å². The Hall–Kier alpha value is -0.655. The summed E-state index contributed by atoms with van der Waals surface area (Å²) in [6.45, 7) is 7.34. The highest BCUT2D eigenvalue weighted by molar-refractivity contribution is 6.35. The third-order valence-electron chi connectivity index (χ3n) is 0.857. The quantitative estimate of drug-likeness (QED) is 0.177. The van der Waals surface area contributed by atoms with E-state index < -0.39 is 7.32 Å². The first-order valence-electron chi connectivity index (χ1n) is 3.66. The van der Waals surface area contributed by atoms with Gasteiger partial charge >= 0.3 is 7.32 Å². The van der Waals surface area contributed by atoms with Crippen LogP contribution in [-0.4, -0.2) is 27.6 Å². The van der Waals surface area contributed by atoms with Crippen LogP contribution in [0.4, 0.5) is 0 Å². The first kappa shape index (κ1) is 12.3. The van der Waals surface area contributed by atoms with Crippen molar-refractivity contribution in [3.8, 4) is 0 Å². The van der Waals surface area contributed by atoms with E-state index in [2.05, 4.69) is 37.2 Å². The van der Waals surface area contributed by atoms with Crippen molar-refractivity contribution in [3.05, 3.63) is 25.3 Å². The summed E-state index contributed by atoms with van der Waals surface area (Å²) in [5, 5.41) is 0. The molecule has 0 amide bonds. The van der Waals surface area contributed by atoms with Crippen molar-refractivity contribution in [3.63, 3.8) is 0 Å². The predicted molar refractivity (Wildman–Crippen MR) is 47.2 cm³/mol. The summed E-state index contributed by atoms with van der Waals surface area (Å²) in [5.41, 5.74) is 0. The van der Waals surface area contributed by atoms with E-state index in [4.69, 9.17) is 0 Å². The number of hydrogen-bond donors (Lipinski definition) is 0. The van der Waals surface area contributed by atoms with Crippen molar-refractivity contribution in [2.45, 2.75) is 0 Å². The van der Waals surface area contributed by atoms with Crippen LogP contribution >= 0.6 is 0 Å². The first-order chi connectivity index (χ1) is 6.35. The Balaban J connectivity index is 3.38. The van der Waals surface area contributed by atoms with Crippen LogP contribution in [0.15, 0.2) is 25.3 Å². The molecule has 0 aliphatic heterocycles. The highest BCUT2D eigenvalue weighted by atomic mass is 17.3. The minimum absolute atomic E-state index is 0.241. The average Bonchev–Trinajstić information content (AvgIpc) is 2.16. The topological polar surface area (TPSA) is 46.2 Å². The largest absolute Gasteiger partial charge is 0.696 e. The molecule has 0 saturated carbocycles.